The van der Waals surface area contributed by atoms with Gasteiger partial charge in [0, 0.05) is 32.8 Å². The summed E-state index contributed by atoms with van der Waals surface area (Å²) >= 11 is 4.95. The number of ether oxygens (including phenoxy) is 2. The van der Waals surface area contributed by atoms with E-state index in [9.17, 15) is 8.78 Å². The maximum atomic E-state index is 13.3. The molecule has 0 N–H and O–H groups in total. The summed E-state index contributed by atoms with van der Waals surface area (Å²) in [5, 5.41) is -1.52. The van der Waals surface area contributed by atoms with E-state index in [4.69, 9.17) is 29.9 Å². The summed E-state index contributed by atoms with van der Waals surface area (Å²) in [6, 6.07) is -1.45. The highest BCUT2D eigenvalue weighted by Gasteiger charge is 2.43. The van der Waals surface area contributed by atoms with Crippen molar-refractivity contribution in [2.24, 2.45) is 0 Å². The topological polar surface area (TPSA) is 36.9 Å². The fourth-order valence-corrected chi connectivity index (χ4v) is 4.34. The largest absolute Gasteiger partial charge is 0.463 e. The van der Waals surface area contributed by atoms with Crippen LogP contribution in [-0.2, 0) is 18.3 Å². The van der Waals surface area contributed by atoms with Crippen LogP contribution in [0.1, 0.15) is 27.2 Å². The van der Waals surface area contributed by atoms with Crippen LogP contribution in [0.3, 0.4) is 0 Å². The predicted octanol–water partition coefficient (Wildman–Crippen LogP) is 3.79. The minimum Gasteiger partial charge on any atom is -0.463 e. The van der Waals surface area contributed by atoms with Gasteiger partial charge in [0.15, 0.2) is 0 Å². The number of halogens is 3. The first-order chi connectivity index (χ1) is 9.41. The molecule has 0 spiro atoms. The average molecular weight is 333 g/mol. The molecular formula is C12H23ClF2O4Si. The molecular weight excluding hydrogens is 310 g/mol. The first kappa shape index (κ1) is 19.8. The Morgan fingerprint density at radius 1 is 1.10 bits per heavy atom. The van der Waals surface area contributed by atoms with Crippen molar-refractivity contribution in [1.82, 2.24) is 0 Å². The molecule has 0 aromatic heterocycles. The Hall–Kier alpha value is -0.213. The Bertz CT molecular complexity index is 295. The van der Waals surface area contributed by atoms with Crippen LogP contribution >= 0.6 is 11.6 Å². The monoisotopic (exact) mass is 332 g/mol. The van der Waals surface area contributed by atoms with Crippen molar-refractivity contribution in [2.45, 2.75) is 39.5 Å². The lowest BCUT2D eigenvalue weighted by Crippen LogP contribution is -2.52. The van der Waals surface area contributed by atoms with Gasteiger partial charge in [0.1, 0.15) is 5.73 Å². The Morgan fingerprint density at radius 3 is 2.05 bits per heavy atom. The van der Waals surface area contributed by atoms with E-state index in [1.54, 1.807) is 20.4 Å². The van der Waals surface area contributed by atoms with Crippen molar-refractivity contribution in [3.05, 3.63) is 11.3 Å². The van der Waals surface area contributed by atoms with Gasteiger partial charge in [-0.15, -0.1) is 0 Å². The molecule has 0 aromatic carbocycles. The maximum absolute atomic E-state index is 13.3. The molecule has 0 aromatic rings. The van der Waals surface area contributed by atoms with Gasteiger partial charge >= 0.3 is 14.6 Å². The van der Waals surface area contributed by atoms with Crippen molar-refractivity contribution in [3.63, 3.8) is 0 Å². The number of hydrogen-bond donors (Lipinski definition) is 0. The third-order valence-corrected chi connectivity index (χ3v) is 6.02. The van der Waals surface area contributed by atoms with Crippen LogP contribution in [0.2, 0.25) is 6.55 Å². The third kappa shape index (κ3) is 6.99. The molecule has 0 aliphatic heterocycles. The fraction of sp³-hybridized carbons (Fsp3) is 0.833. The van der Waals surface area contributed by atoms with E-state index in [-0.39, 0.29) is 0 Å². The molecule has 0 heterocycles. The molecule has 0 radical (unpaired) electrons. The molecule has 0 aliphatic carbocycles. The fourth-order valence-electron chi connectivity index (χ4n) is 1.73. The SMILES string of the molecule is CCOCCC(OC(F)=C(F)Cl)[Si](C)(OCC)OCC. The molecule has 1 unspecified atom stereocenters. The summed E-state index contributed by atoms with van der Waals surface area (Å²) in [6.07, 6.45) is 0.328. The van der Waals surface area contributed by atoms with E-state index >= 15 is 0 Å². The smallest absolute Gasteiger partial charge is 0.377 e. The molecule has 0 fully saturated rings. The van der Waals surface area contributed by atoms with E-state index in [1.165, 1.54) is 0 Å². The van der Waals surface area contributed by atoms with Crippen LogP contribution in [0.25, 0.3) is 0 Å². The zero-order chi connectivity index (χ0) is 15.6. The van der Waals surface area contributed by atoms with Crippen LogP contribution in [-0.4, -0.2) is 40.7 Å². The third-order valence-electron chi connectivity index (χ3n) is 2.57. The second kappa shape index (κ2) is 10.5. The Morgan fingerprint density at radius 2 is 1.65 bits per heavy atom. The molecule has 1 atom stereocenters. The quantitative estimate of drug-likeness (QED) is 0.328. The van der Waals surface area contributed by atoms with Gasteiger partial charge in [-0.1, -0.05) is 0 Å². The molecule has 0 saturated heterocycles. The van der Waals surface area contributed by atoms with Crippen LogP contribution in [0.15, 0.2) is 11.3 Å². The van der Waals surface area contributed by atoms with Crippen molar-refractivity contribution < 1.29 is 27.1 Å². The van der Waals surface area contributed by atoms with E-state index in [0.29, 0.717) is 32.8 Å². The van der Waals surface area contributed by atoms with Crippen molar-refractivity contribution in [3.8, 4) is 0 Å². The van der Waals surface area contributed by atoms with Crippen molar-refractivity contribution >= 4 is 20.2 Å². The first-order valence-corrected chi connectivity index (χ1v) is 9.41. The highest BCUT2D eigenvalue weighted by molar-refractivity contribution is 6.67. The second-order valence-corrected chi connectivity index (χ2v) is 7.59. The average Bonchev–Trinajstić information content (AvgIpc) is 2.38. The molecule has 4 nitrogen and oxygen atoms in total. The molecule has 0 amide bonds. The molecule has 120 valence electrons. The van der Waals surface area contributed by atoms with Crippen LogP contribution < -0.4 is 0 Å². The van der Waals surface area contributed by atoms with Gasteiger partial charge in [-0.3, -0.25) is 0 Å². The van der Waals surface area contributed by atoms with Gasteiger partial charge in [0.2, 0.25) is 0 Å². The first-order valence-electron chi connectivity index (χ1n) is 6.64. The lowest BCUT2D eigenvalue weighted by molar-refractivity contribution is 0.0322. The molecule has 20 heavy (non-hydrogen) atoms. The van der Waals surface area contributed by atoms with Gasteiger partial charge in [-0.2, -0.15) is 8.78 Å². The van der Waals surface area contributed by atoms with Crippen molar-refractivity contribution in [1.29, 1.82) is 0 Å². The molecule has 0 bridgehead atoms. The Kier molecular flexibility index (Phi) is 10.4. The standard InChI is InChI=1S/C12H23ClF2O4Si/c1-5-16-9-8-10(19-12(15)11(13)14)20(4,17-6-2)18-7-3/h10H,5-9H2,1-4H3. The minimum atomic E-state index is -2.84. The molecule has 0 rings (SSSR count). The predicted molar refractivity (Wildman–Crippen MR) is 75.9 cm³/mol. The van der Waals surface area contributed by atoms with Gasteiger partial charge in [-0.25, -0.2) is 0 Å². The Balaban J connectivity index is 4.98. The molecule has 0 aliphatic rings. The van der Waals surface area contributed by atoms with Gasteiger partial charge in [0.05, 0.1) is 0 Å². The van der Waals surface area contributed by atoms with Crippen molar-refractivity contribution in [2.75, 3.05) is 26.4 Å². The van der Waals surface area contributed by atoms with E-state index in [1.807, 2.05) is 6.92 Å². The normalized spacial score (nSPS) is 14.9. The van der Waals surface area contributed by atoms with E-state index < -0.39 is 25.6 Å². The van der Waals surface area contributed by atoms with E-state index in [0.717, 1.165) is 0 Å². The highest BCUT2D eigenvalue weighted by Crippen LogP contribution is 2.24. The summed E-state index contributed by atoms with van der Waals surface area (Å²) in [5.41, 5.74) is -0.751. The molecule has 8 heteroatoms. The summed E-state index contributed by atoms with van der Waals surface area (Å²) in [4.78, 5) is 0. The minimum absolute atomic E-state index is 0.328. The lowest BCUT2D eigenvalue weighted by atomic mass is 10.5. The van der Waals surface area contributed by atoms with Gasteiger partial charge < -0.3 is 18.3 Å². The van der Waals surface area contributed by atoms with Crippen LogP contribution in [0.4, 0.5) is 8.78 Å². The van der Waals surface area contributed by atoms with E-state index in [2.05, 4.69) is 0 Å². The summed E-state index contributed by atoms with van der Waals surface area (Å²) in [7, 11) is -2.84. The summed E-state index contributed by atoms with van der Waals surface area (Å²) in [6.45, 7) is 8.85. The zero-order valence-electron chi connectivity index (χ0n) is 12.4. The van der Waals surface area contributed by atoms with Crippen LogP contribution in [0, 0.1) is 0 Å². The second-order valence-electron chi connectivity index (χ2n) is 4.01. The Labute approximate surface area is 125 Å². The lowest BCUT2D eigenvalue weighted by Gasteiger charge is -2.33. The highest BCUT2D eigenvalue weighted by atomic mass is 35.5. The van der Waals surface area contributed by atoms with Gasteiger partial charge in [-0.05, 0) is 38.9 Å². The maximum Gasteiger partial charge on any atom is 0.377 e. The summed E-state index contributed by atoms with van der Waals surface area (Å²) < 4.78 is 47.4. The zero-order valence-corrected chi connectivity index (χ0v) is 14.1. The number of rotatable bonds is 11. The number of hydrogen-bond acceptors (Lipinski definition) is 4. The molecule has 0 saturated carbocycles. The van der Waals surface area contributed by atoms with Gasteiger partial charge in [0.25, 0.3) is 5.29 Å². The summed E-state index contributed by atoms with van der Waals surface area (Å²) in [5.74, 6) is 0. The van der Waals surface area contributed by atoms with Crippen LogP contribution in [0.5, 0.6) is 0 Å².